The molecule has 1 aromatic rings. The average molecular weight is 315 g/mol. The minimum atomic E-state index is -4.50. The Morgan fingerprint density at radius 2 is 1.95 bits per heavy atom. The first-order valence-electron chi connectivity index (χ1n) is 6.85. The van der Waals surface area contributed by atoms with E-state index >= 15 is 0 Å². The number of carboxylic acid groups (broad SMARTS) is 1. The molecule has 1 saturated carbocycles. The van der Waals surface area contributed by atoms with Crippen molar-refractivity contribution in [1.29, 1.82) is 0 Å². The number of hydrogen-bond acceptors (Lipinski definition) is 2. The van der Waals surface area contributed by atoms with E-state index in [9.17, 15) is 22.8 Å². The number of anilines is 1. The van der Waals surface area contributed by atoms with E-state index in [0.717, 1.165) is 12.5 Å². The van der Waals surface area contributed by atoms with E-state index in [1.54, 1.807) is 0 Å². The number of benzene rings is 1. The van der Waals surface area contributed by atoms with Crippen LogP contribution in [0.25, 0.3) is 0 Å². The third-order valence-corrected chi connectivity index (χ3v) is 4.09. The second kappa shape index (κ2) is 5.62. The van der Waals surface area contributed by atoms with Gasteiger partial charge >= 0.3 is 12.1 Å². The van der Waals surface area contributed by atoms with Gasteiger partial charge in [-0.05, 0) is 37.5 Å². The molecule has 0 atom stereocenters. The zero-order valence-electron chi connectivity index (χ0n) is 12.0. The van der Waals surface area contributed by atoms with E-state index in [1.807, 2.05) is 0 Å². The second-order valence-electron chi connectivity index (χ2n) is 5.69. The molecule has 2 rings (SSSR count). The van der Waals surface area contributed by atoms with E-state index < -0.39 is 29.0 Å². The Morgan fingerprint density at radius 3 is 2.41 bits per heavy atom. The average Bonchev–Trinajstić information content (AvgIpc) is 2.34. The molecule has 0 saturated heterocycles. The number of aryl methyl sites for hydroxylation is 1. The van der Waals surface area contributed by atoms with Crippen LogP contribution in [0.1, 0.15) is 36.8 Å². The van der Waals surface area contributed by atoms with E-state index in [-0.39, 0.29) is 17.7 Å². The predicted octanol–water partition coefficient (Wildman–Crippen LogP) is 3.60. The number of rotatable bonds is 4. The summed E-state index contributed by atoms with van der Waals surface area (Å²) in [6.07, 6.45) is -3.16. The molecule has 0 aromatic heterocycles. The summed E-state index contributed by atoms with van der Waals surface area (Å²) in [5.41, 5.74) is -1.81. The van der Waals surface area contributed by atoms with Crippen LogP contribution in [-0.4, -0.2) is 17.0 Å². The summed E-state index contributed by atoms with van der Waals surface area (Å²) in [4.78, 5) is 23.1. The molecular formula is C15H16F3NO3. The fraction of sp³-hybridized carbons (Fsp3) is 0.467. The highest BCUT2D eigenvalue weighted by Crippen LogP contribution is 2.44. The maximum absolute atomic E-state index is 12.8. The minimum absolute atomic E-state index is 0.0165. The summed E-state index contributed by atoms with van der Waals surface area (Å²) in [7, 11) is 0. The van der Waals surface area contributed by atoms with Crippen LogP contribution in [0, 0.1) is 12.3 Å². The highest BCUT2D eigenvalue weighted by atomic mass is 19.4. The molecule has 2 N–H and O–H groups in total. The third-order valence-electron chi connectivity index (χ3n) is 4.09. The van der Waals surface area contributed by atoms with Crippen molar-refractivity contribution in [3.63, 3.8) is 0 Å². The van der Waals surface area contributed by atoms with Crippen molar-refractivity contribution < 1.29 is 27.9 Å². The Labute approximate surface area is 125 Å². The molecule has 1 aliphatic carbocycles. The highest BCUT2D eigenvalue weighted by molar-refractivity contribution is 5.94. The molecule has 0 radical (unpaired) electrons. The Balaban J connectivity index is 2.11. The number of carbonyl (C=O) groups is 2. The zero-order valence-corrected chi connectivity index (χ0v) is 12.0. The van der Waals surface area contributed by atoms with Crippen LogP contribution in [0.15, 0.2) is 18.2 Å². The maximum Gasteiger partial charge on any atom is 0.416 e. The summed E-state index contributed by atoms with van der Waals surface area (Å²) < 4.78 is 38.4. The molecule has 0 spiro atoms. The van der Waals surface area contributed by atoms with Crippen molar-refractivity contribution in [3.05, 3.63) is 29.3 Å². The number of amides is 1. The fourth-order valence-corrected chi connectivity index (χ4v) is 2.59. The molecule has 0 bridgehead atoms. The van der Waals surface area contributed by atoms with Gasteiger partial charge in [-0.1, -0.05) is 12.5 Å². The van der Waals surface area contributed by atoms with Gasteiger partial charge in [0.1, 0.15) is 0 Å². The summed E-state index contributed by atoms with van der Waals surface area (Å²) in [5, 5.41) is 11.5. The van der Waals surface area contributed by atoms with Gasteiger partial charge in [-0.2, -0.15) is 13.2 Å². The first-order chi connectivity index (χ1) is 10.1. The molecule has 1 aliphatic rings. The number of halogens is 3. The van der Waals surface area contributed by atoms with Crippen LogP contribution < -0.4 is 5.32 Å². The summed E-state index contributed by atoms with van der Waals surface area (Å²) >= 11 is 0. The molecule has 0 aliphatic heterocycles. The third kappa shape index (κ3) is 3.23. The first kappa shape index (κ1) is 16.3. The van der Waals surface area contributed by atoms with Gasteiger partial charge in [-0.25, -0.2) is 0 Å². The van der Waals surface area contributed by atoms with E-state index in [1.165, 1.54) is 19.1 Å². The largest absolute Gasteiger partial charge is 0.481 e. The van der Waals surface area contributed by atoms with Crippen molar-refractivity contribution in [2.24, 2.45) is 5.41 Å². The number of carboxylic acids is 1. The predicted molar refractivity (Wildman–Crippen MR) is 73.3 cm³/mol. The second-order valence-corrected chi connectivity index (χ2v) is 5.69. The molecular weight excluding hydrogens is 299 g/mol. The van der Waals surface area contributed by atoms with E-state index in [0.29, 0.717) is 12.8 Å². The lowest BCUT2D eigenvalue weighted by Gasteiger charge is -2.36. The van der Waals surface area contributed by atoms with Gasteiger partial charge in [-0.15, -0.1) is 0 Å². The molecule has 1 fully saturated rings. The molecule has 1 aromatic carbocycles. The lowest BCUT2D eigenvalue weighted by Crippen LogP contribution is -2.41. The van der Waals surface area contributed by atoms with Gasteiger partial charge in [0.15, 0.2) is 0 Å². The Hall–Kier alpha value is -2.05. The normalized spacial score (nSPS) is 16.7. The van der Waals surface area contributed by atoms with E-state index in [2.05, 4.69) is 5.32 Å². The van der Waals surface area contributed by atoms with Crippen molar-refractivity contribution >= 4 is 17.6 Å². The molecule has 0 unspecified atom stereocenters. The molecule has 120 valence electrons. The van der Waals surface area contributed by atoms with E-state index in [4.69, 9.17) is 5.11 Å². The maximum atomic E-state index is 12.8. The van der Waals surface area contributed by atoms with Gasteiger partial charge in [0.2, 0.25) is 5.91 Å². The minimum Gasteiger partial charge on any atom is -0.481 e. The topological polar surface area (TPSA) is 66.4 Å². The highest BCUT2D eigenvalue weighted by Gasteiger charge is 2.45. The van der Waals surface area contributed by atoms with Crippen LogP contribution in [0.3, 0.4) is 0 Å². The lowest BCUT2D eigenvalue weighted by molar-refractivity contribution is -0.157. The quantitative estimate of drug-likeness (QED) is 0.892. The molecule has 0 heterocycles. The van der Waals surface area contributed by atoms with Crippen LogP contribution >= 0.6 is 0 Å². The smallest absolute Gasteiger partial charge is 0.416 e. The number of hydrogen-bond donors (Lipinski definition) is 2. The Bertz CT molecular complexity index is 607. The number of nitrogens with one attached hydrogen (secondary N) is 1. The van der Waals surface area contributed by atoms with Gasteiger partial charge in [0.25, 0.3) is 0 Å². The molecule has 7 heteroatoms. The number of carbonyl (C=O) groups excluding carboxylic acids is 1. The van der Waals surface area contributed by atoms with Crippen LogP contribution in [0.5, 0.6) is 0 Å². The number of aliphatic carboxylic acids is 1. The molecule has 22 heavy (non-hydrogen) atoms. The van der Waals surface area contributed by atoms with Gasteiger partial charge in [-0.3, -0.25) is 9.59 Å². The summed E-state index contributed by atoms with van der Waals surface area (Å²) in [6.45, 7) is 1.34. The summed E-state index contributed by atoms with van der Waals surface area (Å²) in [6, 6.07) is 3.51. The first-order valence-corrected chi connectivity index (χ1v) is 6.85. The lowest BCUT2D eigenvalue weighted by atomic mass is 9.66. The van der Waals surface area contributed by atoms with Crippen LogP contribution in [0.4, 0.5) is 18.9 Å². The van der Waals surface area contributed by atoms with Gasteiger partial charge in [0, 0.05) is 12.1 Å². The molecule has 1 amide bonds. The van der Waals surface area contributed by atoms with Crippen LogP contribution in [0.2, 0.25) is 0 Å². The fourth-order valence-electron chi connectivity index (χ4n) is 2.59. The Kier molecular flexibility index (Phi) is 4.17. The van der Waals surface area contributed by atoms with Gasteiger partial charge in [0.05, 0.1) is 11.0 Å². The van der Waals surface area contributed by atoms with Gasteiger partial charge < -0.3 is 10.4 Å². The van der Waals surface area contributed by atoms with Crippen molar-refractivity contribution in [1.82, 2.24) is 0 Å². The van der Waals surface area contributed by atoms with Crippen LogP contribution in [-0.2, 0) is 15.8 Å². The van der Waals surface area contributed by atoms with Crippen molar-refractivity contribution in [2.75, 3.05) is 5.32 Å². The monoisotopic (exact) mass is 315 g/mol. The number of alkyl halides is 3. The zero-order chi connectivity index (χ0) is 16.5. The van der Waals surface area contributed by atoms with Crippen molar-refractivity contribution in [2.45, 2.75) is 38.8 Å². The van der Waals surface area contributed by atoms with Crippen molar-refractivity contribution in [3.8, 4) is 0 Å². The molecule has 4 nitrogen and oxygen atoms in total. The standard InChI is InChI=1S/C15H16F3NO3/c1-9-3-4-10(7-11(9)15(16,17)18)19-12(20)8-14(13(21)22)5-2-6-14/h3-4,7H,2,5-6,8H2,1H3,(H,19,20)(H,21,22). The SMILES string of the molecule is Cc1ccc(NC(=O)CC2(C(=O)O)CCC2)cc1C(F)(F)F. The Morgan fingerprint density at radius 1 is 1.32 bits per heavy atom. The summed E-state index contributed by atoms with van der Waals surface area (Å²) in [5.74, 6) is -1.62.